The summed E-state index contributed by atoms with van der Waals surface area (Å²) in [6.45, 7) is 0.273. The van der Waals surface area contributed by atoms with Crippen molar-refractivity contribution < 1.29 is 18.0 Å². The summed E-state index contributed by atoms with van der Waals surface area (Å²) in [5.41, 5.74) is 6.16. The van der Waals surface area contributed by atoms with Gasteiger partial charge in [0.15, 0.2) is 0 Å². The number of halogens is 4. The van der Waals surface area contributed by atoms with Crippen molar-refractivity contribution in [2.75, 3.05) is 13.1 Å². The van der Waals surface area contributed by atoms with Gasteiger partial charge in [-0.15, -0.1) is 12.4 Å². The van der Waals surface area contributed by atoms with Crippen molar-refractivity contribution in [2.45, 2.75) is 50.7 Å². The van der Waals surface area contributed by atoms with Crippen LogP contribution in [0.2, 0.25) is 0 Å². The number of rotatable bonds is 5. The molecule has 0 aromatic heterocycles. The smallest absolute Gasteiger partial charge is 0.342 e. The van der Waals surface area contributed by atoms with Gasteiger partial charge in [0, 0.05) is 19.1 Å². The molecule has 0 heterocycles. The van der Waals surface area contributed by atoms with Crippen LogP contribution in [0.5, 0.6) is 0 Å². The first kappa shape index (κ1) is 17.9. The third-order valence-electron chi connectivity index (χ3n) is 5.42. The molecule has 2 N–H and O–H groups in total. The highest BCUT2D eigenvalue weighted by molar-refractivity contribution is 5.85. The van der Waals surface area contributed by atoms with E-state index in [9.17, 15) is 18.0 Å². The monoisotopic (exact) mass is 340 g/mol. The topological polar surface area (TPSA) is 46.3 Å². The van der Waals surface area contributed by atoms with Crippen LogP contribution in [-0.2, 0) is 4.79 Å². The number of fused-ring (bicyclic) bond motifs is 2. The second-order valence-electron chi connectivity index (χ2n) is 7.03. The average Bonchev–Trinajstić information content (AvgIpc) is 3.00. The first-order chi connectivity index (χ1) is 9.85. The molecule has 0 aliphatic heterocycles. The fourth-order valence-corrected chi connectivity index (χ4v) is 4.08. The highest BCUT2D eigenvalue weighted by Gasteiger charge is 2.50. The van der Waals surface area contributed by atoms with E-state index in [4.69, 9.17) is 5.73 Å². The van der Waals surface area contributed by atoms with Gasteiger partial charge < -0.3 is 10.6 Å². The highest BCUT2D eigenvalue weighted by atomic mass is 35.5. The van der Waals surface area contributed by atoms with E-state index in [-0.39, 0.29) is 36.8 Å². The van der Waals surface area contributed by atoms with E-state index in [1.165, 1.54) is 4.90 Å². The molecule has 1 amide bonds. The highest BCUT2D eigenvalue weighted by Crippen LogP contribution is 2.48. The largest absolute Gasteiger partial charge is 0.390 e. The van der Waals surface area contributed by atoms with E-state index >= 15 is 0 Å². The molecule has 0 radical (unpaired) electrons. The molecule has 3 aliphatic rings. The fraction of sp³-hybridized carbons (Fsp3) is 0.933. The van der Waals surface area contributed by atoms with Gasteiger partial charge in [-0.05, 0) is 49.9 Å². The Morgan fingerprint density at radius 1 is 1.14 bits per heavy atom. The van der Waals surface area contributed by atoms with Crippen LogP contribution >= 0.6 is 12.4 Å². The number of nitrogens with zero attached hydrogens (tertiary/aromatic N) is 1. The number of hydrogen-bond donors (Lipinski definition) is 1. The van der Waals surface area contributed by atoms with Crippen LogP contribution in [0, 0.1) is 23.7 Å². The van der Waals surface area contributed by atoms with E-state index in [1.807, 2.05) is 0 Å². The molecule has 3 fully saturated rings. The first-order valence-electron chi connectivity index (χ1n) is 7.96. The summed E-state index contributed by atoms with van der Waals surface area (Å²) >= 11 is 0. The molecule has 7 heteroatoms. The maximum atomic E-state index is 12.7. The van der Waals surface area contributed by atoms with E-state index in [2.05, 4.69) is 0 Å². The molecule has 4 unspecified atom stereocenters. The summed E-state index contributed by atoms with van der Waals surface area (Å²) in [5, 5.41) is 0. The minimum Gasteiger partial charge on any atom is -0.342 e. The second-order valence-corrected chi connectivity index (χ2v) is 7.03. The fourth-order valence-electron chi connectivity index (χ4n) is 4.08. The molecule has 2 bridgehead atoms. The van der Waals surface area contributed by atoms with E-state index in [1.54, 1.807) is 0 Å². The molecule has 3 saturated carbocycles. The summed E-state index contributed by atoms with van der Waals surface area (Å²) in [4.78, 5) is 14.2. The third-order valence-corrected chi connectivity index (χ3v) is 5.42. The SMILES string of the molecule is Cl.NC1C2CCC(C2)C1C(=O)N(CCC(F)(F)F)CC1CC1. The Hall–Kier alpha value is -0.490. The number of carbonyl (C=O) groups excluding carboxylic acids is 1. The van der Waals surface area contributed by atoms with Crippen LogP contribution in [0.25, 0.3) is 0 Å². The number of nitrogens with two attached hydrogens (primary N) is 1. The molecule has 0 spiro atoms. The van der Waals surface area contributed by atoms with Gasteiger partial charge in [-0.3, -0.25) is 4.79 Å². The lowest BCUT2D eigenvalue weighted by Crippen LogP contribution is -2.48. The molecule has 0 aromatic carbocycles. The van der Waals surface area contributed by atoms with Crippen molar-refractivity contribution in [3.8, 4) is 0 Å². The third kappa shape index (κ3) is 3.88. The Morgan fingerprint density at radius 2 is 1.77 bits per heavy atom. The van der Waals surface area contributed by atoms with Crippen LogP contribution in [0.3, 0.4) is 0 Å². The predicted octanol–water partition coefficient (Wildman–Crippen LogP) is 2.97. The van der Waals surface area contributed by atoms with E-state index < -0.39 is 12.6 Å². The van der Waals surface area contributed by atoms with Gasteiger partial charge in [0.05, 0.1) is 12.3 Å². The van der Waals surface area contributed by atoms with Crippen molar-refractivity contribution in [2.24, 2.45) is 29.4 Å². The second kappa shape index (κ2) is 6.56. The Bertz CT molecular complexity index is 412. The van der Waals surface area contributed by atoms with Gasteiger partial charge in [0.1, 0.15) is 0 Å². The molecule has 128 valence electrons. The Balaban J connectivity index is 0.00000176. The van der Waals surface area contributed by atoms with Crippen LogP contribution in [0.4, 0.5) is 13.2 Å². The van der Waals surface area contributed by atoms with Gasteiger partial charge in [0.2, 0.25) is 5.91 Å². The van der Waals surface area contributed by atoms with Gasteiger partial charge in [-0.25, -0.2) is 0 Å². The van der Waals surface area contributed by atoms with Crippen molar-refractivity contribution in [1.82, 2.24) is 4.90 Å². The summed E-state index contributed by atoms with van der Waals surface area (Å²) in [6, 6.07) is -0.149. The van der Waals surface area contributed by atoms with E-state index in [0.29, 0.717) is 24.3 Å². The zero-order valence-electron chi connectivity index (χ0n) is 12.5. The van der Waals surface area contributed by atoms with Gasteiger partial charge in [-0.2, -0.15) is 13.2 Å². The lowest BCUT2D eigenvalue weighted by Gasteiger charge is -2.33. The van der Waals surface area contributed by atoms with E-state index in [0.717, 1.165) is 32.1 Å². The lowest BCUT2D eigenvalue weighted by atomic mass is 9.84. The van der Waals surface area contributed by atoms with Crippen molar-refractivity contribution in [3.63, 3.8) is 0 Å². The van der Waals surface area contributed by atoms with Crippen LogP contribution in [0.1, 0.15) is 38.5 Å². The van der Waals surface area contributed by atoms with Gasteiger partial charge >= 0.3 is 6.18 Å². The Morgan fingerprint density at radius 3 is 2.27 bits per heavy atom. The Kier molecular flexibility index (Phi) is 5.32. The molecule has 3 nitrogen and oxygen atoms in total. The lowest BCUT2D eigenvalue weighted by molar-refractivity contribution is -0.149. The minimum atomic E-state index is -4.21. The van der Waals surface area contributed by atoms with Crippen molar-refractivity contribution >= 4 is 18.3 Å². The van der Waals surface area contributed by atoms with Gasteiger partial charge in [-0.1, -0.05) is 0 Å². The normalized spacial score (nSPS) is 33.6. The van der Waals surface area contributed by atoms with Crippen molar-refractivity contribution in [3.05, 3.63) is 0 Å². The molecule has 4 atom stereocenters. The number of alkyl halides is 3. The molecule has 22 heavy (non-hydrogen) atoms. The van der Waals surface area contributed by atoms with Crippen LogP contribution in [-0.4, -0.2) is 36.1 Å². The number of hydrogen-bond acceptors (Lipinski definition) is 2. The quantitative estimate of drug-likeness (QED) is 0.836. The number of carbonyl (C=O) groups is 1. The maximum absolute atomic E-state index is 12.7. The summed E-state index contributed by atoms with van der Waals surface area (Å²) in [7, 11) is 0. The zero-order valence-corrected chi connectivity index (χ0v) is 13.3. The molecule has 0 aromatic rings. The molecular weight excluding hydrogens is 317 g/mol. The summed E-state index contributed by atoms with van der Waals surface area (Å²) < 4.78 is 37.4. The van der Waals surface area contributed by atoms with Gasteiger partial charge in [0.25, 0.3) is 0 Å². The average molecular weight is 341 g/mol. The molecular formula is C15H24ClF3N2O. The summed E-state index contributed by atoms with van der Waals surface area (Å²) in [6.07, 6.45) is -0.0161. The first-order valence-corrected chi connectivity index (χ1v) is 7.96. The van der Waals surface area contributed by atoms with Crippen LogP contribution < -0.4 is 5.73 Å². The summed E-state index contributed by atoms with van der Waals surface area (Å²) in [5.74, 6) is 0.734. The molecule has 3 rings (SSSR count). The number of amides is 1. The molecule has 3 aliphatic carbocycles. The molecule has 0 saturated heterocycles. The minimum absolute atomic E-state index is 0. The van der Waals surface area contributed by atoms with Crippen LogP contribution in [0.15, 0.2) is 0 Å². The standard InChI is InChI=1S/C15H23F3N2O.ClH/c16-15(17,18)5-6-20(8-9-1-2-9)14(21)12-10-3-4-11(7-10)13(12)19;/h9-13H,1-8,19H2;1H. The zero-order chi connectivity index (χ0) is 15.2. The maximum Gasteiger partial charge on any atom is 0.390 e. The Labute approximate surface area is 135 Å². The van der Waals surface area contributed by atoms with Crippen molar-refractivity contribution in [1.29, 1.82) is 0 Å². The predicted molar refractivity (Wildman–Crippen MR) is 79.5 cm³/mol.